The summed E-state index contributed by atoms with van der Waals surface area (Å²) < 4.78 is 6.49. The Morgan fingerprint density at radius 3 is 2.94 bits per heavy atom. The first-order chi connectivity index (χ1) is 7.70. The van der Waals surface area contributed by atoms with E-state index in [9.17, 15) is 0 Å². The van der Waals surface area contributed by atoms with E-state index in [0.29, 0.717) is 18.3 Å². The second kappa shape index (κ2) is 4.76. The van der Waals surface area contributed by atoms with Crippen molar-refractivity contribution in [3.8, 4) is 11.5 Å². The molecule has 0 amide bonds. The van der Waals surface area contributed by atoms with Crippen LogP contribution in [-0.4, -0.2) is 17.2 Å². The molecule has 0 saturated heterocycles. The third kappa shape index (κ3) is 2.31. The molecular weight excluding hydrogens is 270 g/mol. The lowest BCUT2D eigenvalue weighted by Gasteiger charge is -2.00. The summed E-state index contributed by atoms with van der Waals surface area (Å²) in [6, 6.07) is 6.02. The fourth-order valence-electron chi connectivity index (χ4n) is 1.39. The Bertz CT molecular complexity index is 496. The maximum Gasteiger partial charge on any atom is 0.248 e. The lowest BCUT2D eigenvalue weighted by atomic mass is 10.1. The monoisotopic (exact) mass is 281 g/mol. The topological polar surface area (TPSA) is 51.0 Å². The van der Waals surface area contributed by atoms with Gasteiger partial charge in [0.2, 0.25) is 11.8 Å². The minimum atomic E-state index is 0.542. The maximum absolute atomic E-state index is 5.53. The number of aromatic nitrogens is 2. The van der Waals surface area contributed by atoms with Crippen LogP contribution in [0.4, 0.5) is 0 Å². The number of nitrogens with zero attached hydrogens (tertiary/aromatic N) is 2. The Kier molecular flexibility index (Phi) is 3.36. The standard InChI is InChI=1S/C11H12BrN3O/c1-7-3-4-9(12)8(5-7)11-15-14-10(16-11)6-13-2/h3-5,13H,6H2,1-2H3. The third-order valence-corrected chi connectivity index (χ3v) is 2.84. The first-order valence-electron chi connectivity index (χ1n) is 4.94. The molecular formula is C11H12BrN3O. The molecule has 0 aliphatic rings. The lowest BCUT2D eigenvalue weighted by molar-refractivity contribution is 0.490. The van der Waals surface area contributed by atoms with Gasteiger partial charge in [-0.05, 0) is 42.0 Å². The van der Waals surface area contributed by atoms with Gasteiger partial charge in [0.05, 0.1) is 12.1 Å². The largest absolute Gasteiger partial charge is 0.419 e. The molecule has 0 atom stereocenters. The van der Waals surface area contributed by atoms with Gasteiger partial charge in [-0.25, -0.2) is 0 Å². The van der Waals surface area contributed by atoms with Crippen molar-refractivity contribution in [2.45, 2.75) is 13.5 Å². The van der Waals surface area contributed by atoms with Gasteiger partial charge in [-0.3, -0.25) is 0 Å². The molecule has 1 heterocycles. The fourth-order valence-corrected chi connectivity index (χ4v) is 1.80. The first-order valence-corrected chi connectivity index (χ1v) is 5.73. The lowest BCUT2D eigenvalue weighted by Crippen LogP contribution is -2.04. The zero-order valence-electron chi connectivity index (χ0n) is 9.12. The van der Waals surface area contributed by atoms with Crippen LogP contribution in [0.1, 0.15) is 11.5 Å². The van der Waals surface area contributed by atoms with Crippen molar-refractivity contribution < 1.29 is 4.42 Å². The molecule has 1 N–H and O–H groups in total. The van der Waals surface area contributed by atoms with Crippen LogP contribution < -0.4 is 5.32 Å². The third-order valence-electron chi connectivity index (χ3n) is 2.15. The molecule has 2 aromatic rings. The summed E-state index contributed by atoms with van der Waals surface area (Å²) in [7, 11) is 1.84. The number of benzene rings is 1. The predicted octanol–water partition coefficient (Wildman–Crippen LogP) is 2.53. The highest BCUT2D eigenvalue weighted by molar-refractivity contribution is 9.10. The Labute approximate surface area is 102 Å². The van der Waals surface area contributed by atoms with Crippen molar-refractivity contribution in [2.75, 3.05) is 7.05 Å². The highest BCUT2D eigenvalue weighted by Gasteiger charge is 2.11. The van der Waals surface area contributed by atoms with Crippen molar-refractivity contribution in [1.29, 1.82) is 0 Å². The minimum Gasteiger partial charge on any atom is -0.419 e. The molecule has 0 aliphatic heterocycles. The van der Waals surface area contributed by atoms with E-state index < -0.39 is 0 Å². The molecule has 16 heavy (non-hydrogen) atoms. The van der Waals surface area contributed by atoms with Gasteiger partial charge in [-0.1, -0.05) is 11.6 Å². The Morgan fingerprint density at radius 1 is 1.38 bits per heavy atom. The summed E-state index contributed by atoms with van der Waals surface area (Å²) in [4.78, 5) is 0. The molecule has 84 valence electrons. The molecule has 0 bridgehead atoms. The van der Waals surface area contributed by atoms with Crippen LogP contribution in [0.15, 0.2) is 27.1 Å². The normalized spacial score (nSPS) is 10.7. The summed E-state index contributed by atoms with van der Waals surface area (Å²) >= 11 is 3.47. The van der Waals surface area contributed by atoms with E-state index >= 15 is 0 Å². The van der Waals surface area contributed by atoms with Crippen LogP contribution in [0.5, 0.6) is 0 Å². The van der Waals surface area contributed by atoms with Gasteiger partial charge >= 0.3 is 0 Å². The molecule has 0 unspecified atom stereocenters. The molecule has 0 spiro atoms. The Morgan fingerprint density at radius 2 is 2.19 bits per heavy atom. The molecule has 0 fully saturated rings. The van der Waals surface area contributed by atoms with E-state index in [1.54, 1.807) is 0 Å². The minimum absolute atomic E-state index is 0.542. The fraction of sp³-hybridized carbons (Fsp3) is 0.273. The number of hydrogen-bond acceptors (Lipinski definition) is 4. The van der Waals surface area contributed by atoms with Crippen molar-refractivity contribution in [2.24, 2.45) is 0 Å². The second-order valence-corrected chi connectivity index (χ2v) is 4.37. The van der Waals surface area contributed by atoms with Crippen LogP contribution in [0, 0.1) is 6.92 Å². The number of rotatable bonds is 3. The number of halogens is 1. The number of aryl methyl sites for hydroxylation is 1. The van der Waals surface area contributed by atoms with E-state index in [0.717, 1.165) is 15.6 Å². The number of nitrogens with one attached hydrogen (secondary N) is 1. The van der Waals surface area contributed by atoms with Crippen LogP contribution in [0.2, 0.25) is 0 Å². The summed E-state index contributed by atoms with van der Waals surface area (Å²) in [5.41, 5.74) is 2.08. The summed E-state index contributed by atoms with van der Waals surface area (Å²) in [6.45, 7) is 2.61. The van der Waals surface area contributed by atoms with Crippen molar-refractivity contribution >= 4 is 15.9 Å². The van der Waals surface area contributed by atoms with E-state index in [1.165, 1.54) is 0 Å². The van der Waals surface area contributed by atoms with E-state index in [-0.39, 0.29) is 0 Å². The van der Waals surface area contributed by atoms with E-state index in [1.807, 2.05) is 32.2 Å². The zero-order chi connectivity index (χ0) is 11.5. The molecule has 1 aromatic heterocycles. The van der Waals surface area contributed by atoms with Crippen molar-refractivity contribution in [3.63, 3.8) is 0 Å². The summed E-state index contributed by atoms with van der Waals surface area (Å²) in [5.74, 6) is 1.13. The summed E-state index contributed by atoms with van der Waals surface area (Å²) in [6.07, 6.45) is 0. The average molecular weight is 282 g/mol. The Hall–Kier alpha value is -1.20. The smallest absolute Gasteiger partial charge is 0.248 e. The SMILES string of the molecule is CNCc1nnc(-c2cc(C)ccc2Br)o1. The van der Waals surface area contributed by atoms with Crippen LogP contribution in [0.25, 0.3) is 11.5 Å². The second-order valence-electron chi connectivity index (χ2n) is 3.51. The maximum atomic E-state index is 5.53. The van der Waals surface area contributed by atoms with Gasteiger partial charge in [-0.2, -0.15) is 0 Å². The van der Waals surface area contributed by atoms with Crippen LogP contribution in [0.3, 0.4) is 0 Å². The van der Waals surface area contributed by atoms with Gasteiger partial charge < -0.3 is 9.73 Å². The molecule has 1 aromatic carbocycles. The average Bonchev–Trinajstić information content (AvgIpc) is 2.71. The molecule has 2 rings (SSSR count). The molecule has 0 aliphatic carbocycles. The Balaban J connectivity index is 2.38. The molecule has 4 nitrogen and oxygen atoms in total. The number of hydrogen-bond donors (Lipinski definition) is 1. The highest BCUT2D eigenvalue weighted by atomic mass is 79.9. The highest BCUT2D eigenvalue weighted by Crippen LogP contribution is 2.27. The molecule has 0 radical (unpaired) electrons. The van der Waals surface area contributed by atoms with Crippen molar-refractivity contribution in [1.82, 2.24) is 15.5 Å². The quantitative estimate of drug-likeness (QED) is 0.939. The van der Waals surface area contributed by atoms with Gasteiger partial charge in [0.1, 0.15) is 0 Å². The van der Waals surface area contributed by atoms with Crippen LogP contribution in [-0.2, 0) is 6.54 Å². The van der Waals surface area contributed by atoms with Crippen LogP contribution >= 0.6 is 15.9 Å². The van der Waals surface area contributed by atoms with E-state index in [4.69, 9.17) is 4.42 Å². The predicted molar refractivity (Wildman–Crippen MR) is 64.9 cm³/mol. The zero-order valence-corrected chi connectivity index (χ0v) is 10.7. The molecule has 5 heteroatoms. The van der Waals surface area contributed by atoms with Gasteiger partial charge in [0.25, 0.3) is 0 Å². The van der Waals surface area contributed by atoms with Gasteiger partial charge in [0, 0.05) is 4.47 Å². The first kappa shape index (κ1) is 11.3. The van der Waals surface area contributed by atoms with Crippen molar-refractivity contribution in [3.05, 3.63) is 34.1 Å². The van der Waals surface area contributed by atoms with Gasteiger partial charge in [0.15, 0.2) is 0 Å². The summed E-state index contributed by atoms with van der Waals surface area (Å²) in [5, 5.41) is 10.9. The van der Waals surface area contributed by atoms with Gasteiger partial charge in [-0.15, -0.1) is 10.2 Å². The van der Waals surface area contributed by atoms with E-state index in [2.05, 4.69) is 31.4 Å². The molecule has 0 saturated carbocycles.